The van der Waals surface area contributed by atoms with E-state index in [0.717, 1.165) is 35.9 Å². The van der Waals surface area contributed by atoms with Crippen molar-refractivity contribution in [3.63, 3.8) is 0 Å². The van der Waals surface area contributed by atoms with Crippen LogP contribution in [0.4, 0.5) is 4.79 Å². The second-order valence-electron chi connectivity index (χ2n) is 8.73. The van der Waals surface area contributed by atoms with Gasteiger partial charge in [-0.15, -0.1) is 0 Å². The predicted octanol–water partition coefficient (Wildman–Crippen LogP) is 4.31. The van der Waals surface area contributed by atoms with E-state index in [-0.39, 0.29) is 11.9 Å². The van der Waals surface area contributed by atoms with Crippen molar-refractivity contribution < 1.29 is 24.2 Å². The molecule has 1 fully saturated rings. The van der Waals surface area contributed by atoms with Gasteiger partial charge in [0.15, 0.2) is 0 Å². The molecular formula is C26H29N3O5. The molecule has 8 heteroatoms. The van der Waals surface area contributed by atoms with Gasteiger partial charge < -0.3 is 24.6 Å². The zero-order chi connectivity index (χ0) is 24.2. The lowest BCUT2D eigenvalue weighted by Gasteiger charge is -2.30. The van der Waals surface area contributed by atoms with Gasteiger partial charge in [-0.3, -0.25) is 4.79 Å². The summed E-state index contributed by atoms with van der Waals surface area (Å²) >= 11 is 0. The largest absolute Gasteiger partial charge is 0.465 e. The maximum Gasteiger partial charge on any atom is 0.407 e. The van der Waals surface area contributed by atoms with Crippen molar-refractivity contribution in [1.29, 1.82) is 0 Å². The highest BCUT2D eigenvalue weighted by Crippen LogP contribution is 2.26. The first-order valence-electron chi connectivity index (χ1n) is 11.4. The van der Waals surface area contributed by atoms with Crippen molar-refractivity contribution in [2.24, 2.45) is 5.92 Å². The van der Waals surface area contributed by atoms with Crippen LogP contribution in [-0.4, -0.2) is 52.7 Å². The summed E-state index contributed by atoms with van der Waals surface area (Å²) in [5.74, 6) is -0.213. The van der Waals surface area contributed by atoms with Crippen molar-refractivity contribution in [3.8, 4) is 0 Å². The van der Waals surface area contributed by atoms with E-state index in [4.69, 9.17) is 4.74 Å². The zero-order valence-electron chi connectivity index (χ0n) is 19.4. The molecule has 1 aliphatic rings. The zero-order valence-corrected chi connectivity index (χ0v) is 19.4. The molecule has 2 amide bonds. The van der Waals surface area contributed by atoms with Gasteiger partial charge >= 0.3 is 12.1 Å². The molecule has 178 valence electrons. The third-order valence-corrected chi connectivity index (χ3v) is 6.55. The molecule has 34 heavy (non-hydrogen) atoms. The number of rotatable bonds is 6. The minimum Gasteiger partial charge on any atom is -0.465 e. The molecule has 0 saturated carbocycles. The van der Waals surface area contributed by atoms with Gasteiger partial charge in [-0.05, 0) is 55.5 Å². The molecule has 0 spiro atoms. The molecule has 1 atom stereocenters. The Morgan fingerprint density at radius 2 is 1.79 bits per heavy atom. The van der Waals surface area contributed by atoms with E-state index in [1.807, 2.05) is 49.5 Å². The Bertz CT molecular complexity index is 1190. The maximum absolute atomic E-state index is 13.3. The number of methoxy groups -OCH3 is 1. The minimum atomic E-state index is -0.863. The first kappa shape index (κ1) is 23.4. The number of aromatic nitrogens is 1. The van der Waals surface area contributed by atoms with Crippen molar-refractivity contribution >= 4 is 28.9 Å². The fourth-order valence-electron chi connectivity index (χ4n) is 4.57. The number of para-hydroxylation sites is 1. The van der Waals surface area contributed by atoms with Gasteiger partial charge in [0.05, 0.1) is 29.8 Å². The topological polar surface area (TPSA) is 101 Å². The second-order valence-corrected chi connectivity index (χ2v) is 8.73. The smallest absolute Gasteiger partial charge is 0.407 e. The Kier molecular flexibility index (Phi) is 6.86. The number of carbonyl (C=O) groups is 3. The van der Waals surface area contributed by atoms with Crippen LogP contribution < -0.4 is 5.32 Å². The van der Waals surface area contributed by atoms with Crippen molar-refractivity contribution in [2.75, 3.05) is 20.2 Å². The van der Waals surface area contributed by atoms with E-state index in [1.54, 1.807) is 12.1 Å². The average molecular weight is 464 g/mol. The standard InChI is InChI=1S/C26H29N3O5/c1-17(19-6-8-21(9-7-19)25(31)34-2)27-24(30)22-5-3-4-20-12-15-29(23(20)22)16-18-10-13-28(14-11-18)26(32)33/h3-9,12,15,17-18H,10-11,13-14,16H2,1-2H3,(H,27,30)(H,32,33)/t17-/m0/s1. The molecule has 3 aromatic rings. The Morgan fingerprint density at radius 1 is 1.09 bits per heavy atom. The van der Waals surface area contributed by atoms with E-state index >= 15 is 0 Å². The molecule has 0 bridgehead atoms. The van der Waals surface area contributed by atoms with Crippen LogP contribution in [0.1, 0.15) is 52.1 Å². The van der Waals surface area contributed by atoms with Crippen LogP contribution in [0.2, 0.25) is 0 Å². The van der Waals surface area contributed by atoms with Gasteiger partial charge in [0.1, 0.15) is 0 Å². The SMILES string of the molecule is COC(=O)c1ccc([C@H](C)NC(=O)c2cccc3ccn(CC4CCN(C(=O)O)CC4)c23)cc1. The summed E-state index contributed by atoms with van der Waals surface area (Å²) in [5, 5.41) is 13.2. The molecular weight excluding hydrogens is 434 g/mol. The first-order valence-corrected chi connectivity index (χ1v) is 11.4. The van der Waals surface area contributed by atoms with Gasteiger partial charge in [-0.1, -0.05) is 24.3 Å². The van der Waals surface area contributed by atoms with Gasteiger partial charge in [0, 0.05) is 31.2 Å². The number of ether oxygens (including phenoxy) is 1. The molecule has 1 aromatic heterocycles. The number of amides is 2. The number of likely N-dealkylation sites (tertiary alicyclic amines) is 1. The number of piperidine rings is 1. The highest BCUT2D eigenvalue weighted by atomic mass is 16.5. The highest BCUT2D eigenvalue weighted by Gasteiger charge is 2.24. The van der Waals surface area contributed by atoms with Gasteiger partial charge in [0.25, 0.3) is 5.91 Å². The molecule has 0 radical (unpaired) electrons. The van der Waals surface area contributed by atoms with Crippen LogP contribution in [0.5, 0.6) is 0 Å². The van der Waals surface area contributed by atoms with Crippen LogP contribution in [0.25, 0.3) is 10.9 Å². The summed E-state index contributed by atoms with van der Waals surface area (Å²) in [6, 6.07) is 14.4. The first-order chi connectivity index (χ1) is 16.4. The molecule has 0 aliphatic carbocycles. The van der Waals surface area contributed by atoms with Gasteiger partial charge in [-0.2, -0.15) is 0 Å². The lowest BCUT2D eigenvalue weighted by molar-refractivity contribution is 0.0600. The number of fused-ring (bicyclic) bond motifs is 1. The molecule has 1 saturated heterocycles. The number of nitrogens with one attached hydrogen (secondary N) is 1. The number of hydrogen-bond donors (Lipinski definition) is 2. The fraction of sp³-hybridized carbons (Fsp3) is 0.346. The lowest BCUT2D eigenvalue weighted by atomic mass is 9.97. The molecule has 2 N–H and O–H groups in total. The number of benzene rings is 2. The van der Waals surface area contributed by atoms with Gasteiger partial charge in [-0.25, -0.2) is 9.59 Å². The molecule has 1 aliphatic heterocycles. The van der Waals surface area contributed by atoms with Crippen LogP contribution in [0.3, 0.4) is 0 Å². The normalized spacial score (nSPS) is 15.2. The van der Waals surface area contributed by atoms with Crippen LogP contribution >= 0.6 is 0 Å². The van der Waals surface area contributed by atoms with E-state index in [1.165, 1.54) is 12.0 Å². The van der Waals surface area contributed by atoms with E-state index in [2.05, 4.69) is 9.88 Å². The number of carbonyl (C=O) groups excluding carboxylic acids is 2. The van der Waals surface area contributed by atoms with E-state index in [0.29, 0.717) is 30.1 Å². The summed E-state index contributed by atoms with van der Waals surface area (Å²) in [6.07, 6.45) is 2.75. The average Bonchev–Trinajstić information content (AvgIpc) is 3.26. The predicted molar refractivity (Wildman–Crippen MR) is 128 cm³/mol. The number of carboxylic acid groups (broad SMARTS) is 1. The Hall–Kier alpha value is -3.81. The molecule has 0 unspecified atom stereocenters. The van der Waals surface area contributed by atoms with Crippen molar-refractivity contribution in [3.05, 3.63) is 71.4 Å². The molecule has 2 aromatic carbocycles. The summed E-state index contributed by atoms with van der Waals surface area (Å²) in [4.78, 5) is 37.5. The quantitative estimate of drug-likeness (QED) is 0.531. The molecule has 8 nitrogen and oxygen atoms in total. The number of hydrogen-bond acceptors (Lipinski definition) is 4. The summed E-state index contributed by atoms with van der Waals surface area (Å²) in [7, 11) is 1.34. The Morgan fingerprint density at radius 3 is 2.44 bits per heavy atom. The molecule has 4 rings (SSSR count). The van der Waals surface area contributed by atoms with Crippen LogP contribution in [0, 0.1) is 5.92 Å². The fourth-order valence-corrected chi connectivity index (χ4v) is 4.57. The summed E-state index contributed by atoms with van der Waals surface area (Å²) in [5.41, 5.74) is 2.83. The number of esters is 1. The Labute approximate surface area is 198 Å². The van der Waals surface area contributed by atoms with E-state index < -0.39 is 12.1 Å². The molecule has 2 heterocycles. The van der Waals surface area contributed by atoms with Crippen LogP contribution in [0.15, 0.2) is 54.7 Å². The highest BCUT2D eigenvalue weighted by molar-refractivity contribution is 6.06. The number of nitrogens with zero attached hydrogens (tertiary/aromatic N) is 2. The lowest BCUT2D eigenvalue weighted by Crippen LogP contribution is -2.38. The summed E-state index contributed by atoms with van der Waals surface area (Å²) in [6.45, 7) is 3.73. The third-order valence-electron chi connectivity index (χ3n) is 6.55. The van der Waals surface area contributed by atoms with Gasteiger partial charge in [0.2, 0.25) is 0 Å². The Balaban J connectivity index is 1.49. The van der Waals surface area contributed by atoms with Crippen molar-refractivity contribution in [2.45, 2.75) is 32.4 Å². The van der Waals surface area contributed by atoms with Crippen LogP contribution in [-0.2, 0) is 11.3 Å². The monoisotopic (exact) mass is 463 g/mol. The third kappa shape index (κ3) is 4.90. The van der Waals surface area contributed by atoms with E-state index in [9.17, 15) is 19.5 Å². The minimum absolute atomic E-state index is 0.171. The maximum atomic E-state index is 13.3. The second kappa shape index (κ2) is 9.99. The summed E-state index contributed by atoms with van der Waals surface area (Å²) < 4.78 is 6.85. The van der Waals surface area contributed by atoms with Crippen molar-refractivity contribution in [1.82, 2.24) is 14.8 Å².